The van der Waals surface area contributed by atoms with Gasteiger partial charge >= 0.3 is 0 Å². The second kappa shape index (κ2) is 16.7. The van der Waals surface area contributed by atoms with Crippen molar-refractivity contribution >= 4 is 32.6 Å². The van der Waals surface area contributed by atoms with Crippen LogP contribution in [0.2, 0.25) is 0 Å². The summed E-state index contributed by atoms with van der Waals surface area (Å²) in [6, 6.07) is 85.2. The third-order valence-corrected chi connectivity index (χ3v) is 12.5. The van der Waals surface area contributed by atoms with Gasteiger partial charge in [-0.05, 0) is 104 Å². The molecule has 0 spiro atoms. The number of benzene rings is 10. The predicted octanol–water partition coefficient (Wildman–Crippen LogP) is 16.1. The lowest BCUT2D eigenvalue weighted by atomic mass is 9.95. The quantitative estimate of drug-likeness (QED) is 0.153. The Morgan fingerprint density at radius 2 is 0.485 bits per heavy atom. The van der Waals surface area contributed by atoms with Crippen LogP contribution >= 0.6 is 0 Å². The van der Waals surface area contributed by atoms with Crippen LogP contribution in [0.25, 0.3) is 122 Å². The molecule has 308 valence electrons. The standard InChI is InChI=1S/C62H40N4/c1-3-17-41(18-4-1)43-21-13-23-45(37-43)47-25-15-27-49(39-47)59-55-31-9-11-33-57(55)63-61(65-59)53-35-36-54(52-30-8-7-29-51(52)53)62-64-58-34-12-10-32-56(58)60(66-62)50-28-16-26-48(40-50)46-24-14-22-44(38-46)42-19-5-2-6-20-42/h1-40H. The van der Waals surface area contributed by atoms with Crippen LogP contribution in [-0.2, 0) is 0 Å². The van der Waals surface area contributed by atoms with E-state index in [1.54, 1.807) is 0 Å². The van der Waals surface area contributed by atoms with E-state index in [0.717, 1.165) is 88.5 Å². The molecule has 0 atom stereocenters. The van der Waals surface area contributed by atoms with Crippen molar-refractivity contribution in [1.29, 1.82) is 0 Å². The van der Waals surface area contributed by atoms with E-state index < -0.39 is 0 Å². The molecular weight excluding hydrogens is 801 g/mol. The van der Waals surface area contributed by atoms with Crippen molar-refractivity contribution in [3.63, 3.8) is 0 Å². The van der Waals surface area contributed by atoms with E-state index in [1.807, 2.05) is 12.1 Å². The maximum absolute atomic E-state index is 5.40. The van der Waals surface area contributed by atoms with Crippen LogP contribution in [0.4, 0.5) is 0 Å². The lowest BCUT2D eigenvalue weighted by Gasteiger charge is -2.15. The van der Waals surface area contributed by atoms with Crippen LogP contribution in [0.3, 0.4) is 0 Å². The van der Waals surface area contributed by atoms with E-state index in [2.05, 4.69) is 231 Å². The summed E-state index contributed by atoms with van der Waals surface area (Å²) >= 11 is 0. The van der Waals surface area contributed by atoms with E-state index in [-0.39, 0.29) is 0 Å². The molecule has 0 amide bonds. The molecule has 0 aliphatic rings. The Morgan fingerprint density at radius 3 is 0.879 bits per heavy atom. The molecular formula is C62H40N4. The SMILES string of the molecule is c1ccc(-c2cccc(-c3cccc(-c4nc(-c5ccc(-c6nc(-c7cccc(-c8cccc(-c9ccccc9)c8)c7)c7ccccc7n6)c6ccccc56)nc5ccccc45)c3)c2)cc1. The molecule has 4 nitrogen and oxygen atoms in total. The summed E-state index contributed by atoms with van der Waals surface area (Å²) in [4.78, 5) is 21.2. The molecule has 12 rings (SSSR count). The first-order chi connectivity index (χ1) is 32.7. The smallest absolute Gasteiger partial charge is 0.161 e. The van der Waals surface area contributed by atoms with Crippen LogP contribution in [0.1, 0.15) is 0 Å². The summed E-state index contributed by atoms with van der Waals surface area (Å²) in [7, 11) is 0. The summed E-state index contributed by atoms with van der Waals surface area (Å²) in [5.74, 6) is 1.33. The molecule has 0 aliphatic heterocycles. The Morgan fingerprint density at radius 1 is 0.197 bits per heavy atom. The molecule has 0 fully saturated rings. The fourth-order valence-corrected chi connectivity index (χ4v) is 9.23. The topological polar surface area (TPSA) is 51.6 Å². The van der Waals surface area contributed by atoms with E-state index in [9.17, 15) is 0 Å². The van der Waals surface area contributed by atoms with Crippen LogP contribution in [0, 0.1) is 0 Å². The Bertz CT molecular complexity index is 3520. The van der Waals surface area contributed by atoms with Crippen molar-refractivity contribution in [2.45, 2.75) is 0 Å². The number of hydrogen-bond acceptors (Lipinski definition) is 4. The summed E-state index contributed by atoms with van der Waals surface area (Å²) in [6.07, 6.45) is 0. The lowest BCUT2D eigenvalue weighted by molar-refractivity contribution is 1.23. The van der Waals surface area contributed by atoms with Crippen molar-refractivity contribution in [3.8, 4) is 89.8 Å². The summed E-state index contributed by atoms with van der Waals surface area (Å²) in [5, 5.41) is 4.06. The molecule has 0 saturated heterocycles. The van der Waals surface area contributed by atoms with Gasteiger partial charge in [0.2, 0.25) is 0 Å². The van der Waals surface area contributed by atoms with Crippen molar-refractivity contribution < 1.29 is 0 Å². The van der Waals surface area contributed by atoms with E-state index >= 15 is 0 Å². The number of fused-ring (bicyclic) bond motifs is 3. The Balaban J connectivity index is 0.956. The molecule has 0 radical (unpaired) electrons. The molecule has 0 bridgehead atoms. The number of rotatable bonds is 8. The highest BCUT2D eigenvalue weighted by atomic mass is 14.9. The van der Waals surface area contributed by atoms with Crippen LogP contribution in [-0.4, -0.2) is 19.9 Å². The molecule has 0 saturated carbocycles. The Kier molecular flexibility index (Phi) is 9.81. The van der Waals surface area contributed by atoms with Gasteiger partial charge in [-0.15, -0.1) is 0 Å². The minimum atomic E-state index is 0.663. The minimum Gasteiger partial charge on any atom is -0.228 e. The van der Waals surface area contributed by atoms with Crippen molar-refractivity contribution in [2.24, 2.45) is 0 Å². The van der Waals surface area contributed by atoms with Gasteiger partial charge in [0.15, 0.2) is 11.6 Å². The second-order valence-corrected chi connectivity index (χ2v) is 16.6. The fourth-order valence-electron chi connectivity index (χ4n) is 9.23. The van der Waals surface area contributed by atoms with Crippen LogP contribution < -0.4 is 0 Å². The van der Waals surface area contributed by atoms with E-state index in [0.29, 0.717) is 11.6 Å². The number of nitrogens with zero attached hydrogens (tertiary/aromatic N) is 4. The van der Waals surface area contributed by atoms with Crippen LogP contribution in [0.15, 0.2) is 243 Å². The molecule has 10 aromatic carbocycles. The third kappa shape index (κ3) is 7.27. The van der Waals surface area contributed by atoms with Crippen molar-refractivity contribution in [1.82, 2.24) is 19.9 Å². The van der Waals surface area contributed by atoms with Gasteiger partial charge in [-0.25, -0.2) is 19.9 Å². The highest BCUT2D eigenvalue weighted by Gasteiger charge is 2.19. The van der Waals surface area contributed by atoms with Gasteiger partial charge in [0.1, 0.15) is 0 Å². The van der Waals surface area contributed by atoms with Crippen molar-refractivity contribution in [3.05, 3.63) is 243 Å². The molecule has 4 heteroatoms. The largest absolute Gasteiger partial charge is 0.228 e. The molecule has 0 aliphatic carbocycles. The van der Waals surface area contributed by atoms with E-state index in [1.165, 1.54) is 22.3 Å². The molecule has 2 aromatic heterocycles. The monoisotopic (exact) mass is 840 g/mol. The van der Waals surface area contributed by atoms with Gasteiger partial charge in [0.25, 0.3) is 0 Å². The average molecular weight is 841 g/mol. The lowest BCUT2D eigenvalue weighted by Crippen LogP contribution is -1.98. The number of hydrogen-bond donors (Lipinski definition) is 0. The second-order valence-electron chi connectivity index (χ2n) is 16.6. The Hall–Kier alpha value is -8.86. The number of para-hydroxylation sites is 2. The van der Waals surface area contributed by atoms with Gasteiger partial charge < -0.3 is 0 Å². The highest BCUT2D eigenvalue weighted by Crippen LogP contribution is 2.39. The van der Waals surface area contributed by atoms with Gasteiger partial charge in [0.05, 0.1) is 22.4 Å². The predicted molar refractivity (Wildman–Crippen MR) is 274 cm³/mol. The molecule has 0 unspecified atom stereocenters. The zero-order valence-electron chi connectivity index (χ0n) is 35.9. The number of aromatic nitrogens is 4. The normalized spacial score (nSPS) is 11.3. The minimum absolute atomic E-state index is 0.663. The third-order valence-electron chi connectivity index (χ3n) is 12.5. The summed E-state index contributed by atoms with van der Waals surface area (Å²) in [5.41, 5.74) is 16.8. The Labute approximate surface area is 383 Å². The van der Waals surface area contributed by atoms with E-state index in [4.69, 9.17) is 19.9 Å². The summed E-state index contributed by atoms with van der Waals surface area (Å²) < 4.78 is 0. The highest BCUT2D eigenvalue weighted by molar-refractivity contribution is 6.05. The maximum atomic E-state index is 5.40. The van der Waals surface area contributed by atoms with Crippen molar-refractivity contribution in [2.75, 3.05) is 0 Å². The first-order valence-electron chi connectivity index (χ1n) is 22.3. The first kappa shape index (κ1) is 38.8. The molecule has 12 aromatic rings. The molecule has 0 N–H and O–H groups in total. The maximum Gasteiger partial charge on any atom is 0.161 e. The zero-order chi connectivity index (χ0) is 43.8. The first-order valence-corrected chi connectivity index (χ1v) is 22.3. The fraction of sp³-hybridized carbons (Fsp3) is 0. The van der Waals surface area contributed by atoms with Gasteiger partial charge in [-0.2, -0.15) is 0 Å². The summed E-state index contributed by atoms with van der Waals surface area (Å²) in [6.45, 7) is 0. The molecule has 2 heterocycles. The zero-order valence-corrected chi connectivity index (χ0v) is 35.9. The van der Waals surface area contributed by atoms with Gasteiger partial charge in [-0.1, -0.05) is 194 Å². The van der Waals surface area contributed by atoms with Gasteiger partial charge in [-0.3, -0.25) is 0 Å². The average Bonchev–Trinajstić information content (AvgIpc) is 3.40. The van der Waals surface area contributed by atoms with Crippen LogP contribution in [0.5, 0.6) is 0 Å². The molecule has 66 heavy (non-hydrogen) atoms. The van der Waals surface area contributed by atoms with Gasteiger partial charge in [0, 0.05) is 33.0 Å².